The summed E-state index contributed by atoms with van der Waals surface area (Å²) in [4.78, 5) is 13.3. The van der Waals surface area contributed by atoms with Crippen LogP contribution in [0.1, 0.15) is 44.4 Å². The van der Waals surface area contributed by atoms with E-state index < -0.39 is 10.0 Å². The molecule has 1 N–H and O–H groups in total. The monoisotopic (exact) mass is 464 g/mol. The molecular formula is C27H32N2O3S. The van der Waals surface area contributed by atoms with Gasteiger partial charge in [0.1, 0.15) is 6.54 Å². The molecule has 0 spiro atoms. The normalized spacial score (nSPS) is 12.4. The molecule has 6 heteroatoms. The second-order valence-corrected chi connectivity index (χ2v) is 10.4. The van der Waals surface area contributed by atoms with E-state index in [2.05, 4.69) is 19.2 Å². The third-order valence-electron chi connectivity index (χ3n) is 5.50. The van der Waals surface area contributed by atoms with Gasteiger partial charge in [-0.3, -0.25) is 9.10 Å². The number of carbonyl (C=O) groups excluding carboxylic acids is 1. The van der Waals surface area contributed by atoms with E-state index in [1.807, 2.05) is 49.4 Å². The van der Waals surface area contributed by atoms with Crippen molar-refractivity contribution in [2.45, 2.75) is 44.6 Å². The number of benzene rings is 3. The molecule has 1 amide bonds. The number of nitrogens with one attached hydrogen (secondary N) is 1. The maximum atomic E-state index is 13.5. The lowest BCUT2D eigenvalue weighted by Gasteiger charge is -2.26. The summed E-state index contributed by atoms with van der Waals surface area (Å²) in [5.41, 5.74) is 2.57. The summed E-state index contributed by atoms with van der Waals surface area (Å²) in [7, 11) is -3.92. The van der Waals surface area contributed by atoms with Gasteiger partial charge in [-0.1, -0.05) is 81.4 Å². The zero-order valence-corrected chi connectivity index (χ0v) is 20.3. The molecule has 3 aromatic carbocycles. The minimum Gasteiger partial charge on any atom is -0.348 e. The highest BCUT2D eigenvalue weighted by Gasteiger charge is 2.28. The van der Waals surface area contributed by atoms with Crippen LogP contribution in [0, 0.1) is 5.92 Å². The number of hydrogen-bond donors (Lipinski definition) is 1. The minimum absolute atomic E-state index is 0.152. The number of nitrogens with zero attached hydrogens (tertiary/aromatic N) is 1. The van der Waals surface area contributed by atoms with Crippen LogP contribution in [0.3, 0.4) is 0 Å². The van der Waals surface area contributed by atoms with Gasteiger partial charge in [0.15, 0.2) is 0 Å². The summed E-state index contributed by atoms with van der Waals surface area (Å²) < 4.78 is 28.2. The van der Waals surface area contributed by atoms with Crippen LogP contribution in [0.4, 0.5) is 5.69 Å². The molecule has 0 radical (unpaired) electrons. The molecule has 0 unspecified atom stereocenters. The van der Waals surface area contributed by atoms with Crippen molar-refractivity contribution < 1.29 is 13.2 Å². The van der Waals surface area contributed by atoms with Gasteiger partial charge in [0.25, 0.3) is 10.0 Å². The van der Waals surface area contributed by atoms with Crippen molar-refractivity contribution in [2.24, 2.45) is 5.92 Å². The van der Waals surface area contributed by atoms with Gasteiger partial charge >= 0.3 is 0 Å². The summed E-state index contributed by atoms with van der Waals surface area (Å²) in [5.74, 6) is 0.0184. The molecule has 3 rings (SSSR count). The molecule has 0 fully saturated rings. The molecule has 0 saturated carbocycles. The van der Waals surface area contributed by atoms with Crippen LogP contribution >= 0.6 is 0 Å². The maximum Gasteiger partial charge on any atom is 0.264 e. The zero-order chi connectivity index (χ0) is 23.8. The number of anilines is 1. The van der Waals surface area contributed by atoms with Crippen molar-refractivity contribution in [3.8, 4) is 0 Å². The smallest absolute Gasteiger partial charge is 0.264 e. The van der Waals surface area contributed by atoms with Crippen molar-refractivity contribution in [2.75, 3.05) is 10.8 Å². The quantitative estimate of drug-likeness (QED) is 0.440. The highest BCUT2D eigenvalue weighted by Crippen LogP contribution is 2.25. The fourth-order valence-electron chi connectivity index (χ4n) is 3.74. The number of amides is 1. The molecule has 0 heterocycles. The summed E-state index contributed by atoms with van der Waals surface area (Å²) in [6.45, 7) is 5.94. The summed E-state index contributed by atoms with van der Waals surface area (Å²) in [6.07, 6.45) is 1.60. The first-order valence-corrected chi connectivity index (χ1v) is 12.8. The van der Waals surface area contributed by atoms with Crippen molar-refractivity contribution in [1.82, 2.24) is 5.32 Å². The Morgan fingerprint density at radius 1 is 0.879 bits per heavy atom. The molecule has 174 valence electrons. The molecule has 0 aliphatic rings. The Kier molecular flexibility index (Phi) is 8.28. The first-order valence-electron chi connectivity index (χ1n) is 11.3. The number of carbonyl (C=O) groups is 1. The van der Waals surface area contributed by atoms with Crippen LogP contribution in [0.15, 0.2) is 89.8 Å². The lowest BCUT2D eigenvalue weighted by molar-refractivity contribution is -0.120. The van der Waals surface area contributed by atoms with Crippen LogP contribution in [0.5, 0.6) is 0 Å². The number of sulfonamides is 1. The summed E-state index contributed by atoms with van der Waals surface area (Å²) >= 11 is 0. The summed E-state index contributed by atoms with van der Waals surface area (Å²) in [5, 5.41) is 3.07. The van der Waals surface area contributed by atoms with Crippen molar-refractivity contribution in [3.63, 3.8) is 0 Å². The van der Waals surface area contributed by atoms with Gasteiger partial charge in [-0.25, -0.2) is 8.42 Å². The lowest BCUT2D eigenvalue weighted by Crippen LogP contribution is -2.42. The number of rotatable bonds is 10. The third-order valence-corrected chi connectivity index (χ3v) is 7.28. The van der Waals surface area contributed by atoms with Crippen molar-refractivity contribution in [1.29, 1.82) is 0 Å². The van der Waals surface area contributed by atoms with E-state index in [1.165, 1.54) is 4.31 Å². The second kappa shape index (κ2) is 11.1. The Morgan fingerprint density at radius 3 is 2.00 bits per heavy atom. The van der Waals surface area contributed by atoms with E-state index in [0.29, 0.717) is 11.6 Å². The topological polar surface area (TPSA) is 66.5 Å². The van der Waals surface area contributed by atoms with E-state index in [-0.39, 0.29) is 23.4 Å². The number of aryl methyl sites for hydroxylation is 1. The summed E-state index contributed by atoms with van der Waals surface area (Å²) in [6, 6.07) is 25.1. The predicted molar refractivity (Wildman–Crippen MR) is 134 cm³/mol. The Hall–Kier alpha value is -3.12. The fraction of sp³-hybridized carbons (Fsp3) is 0.296. The Balaban J connectivity index is 1.91. The van der Waals surface area contributed by atoms with E-state index in [1.54, 1.807) is 42.5 Å². The van der Waals surface area contributed by atoms with E-state index >= 15 is 0 Å². The average molecular weight is 465 g/mol. The standard InChI is InChI=1S/C27H32N2O3S/c1-4-22-15-17-24(18-16-22)29(33(31,32)25-13-9-6-10-14-25)20-27(30)28-26(19-21(2)3)23-11-7-5-8-12-23/h5-18,21,26H,4,19-20H2,1-3H3,(H,28,30)/t26-/m0/s1. The largest absolute Gasteiger partial charge is 0.348 e. The fourth-order valence-corrected chi connectivity index (χ4v) is 5.18. The third kappa shape index (κ3) is 6.45. The predicted octanol–water partition coefficient (Wildman–Crippen LogP) is 5.35. The molecule has 1 atom stereocenters. The van der Waals surface area contributed by atoms with E-state index in [0.717, 1.165) is 24.0 Å². The molecule has 0 aliphatic heterocycles. The van der Waals surface area contributed by atoms with Crippen LogP contribution in [-0.2, 0) is 21.2 Å². The van der Waals surface area contributed by atoms with Gasteiger partial charge < -0.3 is 5.32 Å². The number of hydrogen-bond acceptors (Lipinski definition) is 3. The molecule has 3 aromatic rings. The Labute approximate surface area is 197 Å². The van der Waals surface area contributed by atoms with Gasteiger partial charge in [0.2, 0.25) is 5.91 Å². The molecule has 0 aromatic heterocycles. The molecule has 0 saturated heterocycles. The lowest BCUT2D eigenvalue weighted by atomic mass is 9.97. The SMILES string of the molecule is CCc1ccc(N(CC(=O)N[C@@H](CC(C)C)c2ccccc2)S(=O)(=O)c2ccccc2)cc1. The Bertz CT molecular complexity index is 1130. The highest BCUT2D eigenvalue weighted by atomic mass is 32.2. The first-order chi connectivity index (χ1) is 15.8. The van der Waals surface area contributed by atoms with Crippen LogP contribution in [-0.4, -0.2) is 20.9 Å². The van der Waals surface area contributed by atoms with Crippen LogP contribution in [0.2, 0.25) is 0 Å². The van der Waals surface area contributed by atoms with Gasteiger partial charge in [0.05, 0.1) is 16.6 Å². The highest BCUT2D eigenvalue weighted by molar-refractivity contribution is 7.92. The molecule has 33 heavy (non-hydrogen) atoms. The van der Waals surface area contributed by atoms with Crippen molar-refractivity contribution in [3.05, 3.63) is 96.1 Å². The Morgan fingerprint density at radius 2 is 1.45 bits per heavy atom. The average Bonchev–Trinajstić information content (AvgIpc) is 2.83. The van der Waals surface area contributed by atoms with Gasteiger partial charge in [-0.2, -0.15) is 0 Å². The van der Waals surface area contributed by atoms with Gasteiger partial charge in [0, 0.05) is 0 Å². The second-order valence-electron chi connectivity index (χ2n) is 8.51. The van der Waals surface area contributed by atoms with E-state index in [4.69, 9.17) is 0 Å². The van der Waals surface area contributed by atoms with E-state index in [9.17, 15) is 13.2 Å². The molecule has 0 bridgehead atoms. The van der Waals surface area contributed by atoms with Gasteiger partial charge in [-0.05, 0) is 54.2 Å². The molecule has 5 nitrogen and oxygen atoms in total. The van der Waals surface area contributed by atoms with Crippen LogP contribution in [0.25, 0.3) is 0 Å². The van der Waals surface area contributed by atoms with Crippen molar-refractivity contribution >= 4 is 21.6 Å². The molecular weight excluding hydrogens is 432 g/mol. The minimum atomic E-state index is -3.92. The first kappa shape index (κ1) is 24.5. The van der Waals surface area contributed by atoms with Crippen LogP contribution < -0.4 is 9.62 Å². The molecule has 0 aliphatic carbocycles. The van der Waals surface area contributed by atoms with Gasteiger partial charge in [-0.15, -0.1) is 0 Å². The maximum absolute atomic E-state index is 13.5. The zero-order valence-electron chi connectivity index (χ0n) is 19.4.